The highest BCUT2D eigenvalue weighted by molar-refractivity contribution is 5.97. The molecule has 2 rings (SSSR count). The summed E-state index contributed by atoms with van der Waals surface area (Å²) in [7, 11) is 0. The molecule has 0 radical (unpaired) electrons. The molecule has 1 atom stereocenters. The van der Waals surface area contributed by atoms with E-state index in [9.17, 15) is 14.7 Å². The Kier molecular flexibility index (Phi) is 5.41. The summed E-state index contributed by atoms with van der Waals surface area (Å²) in [6.07, 6.45) is 2.36. The van der Waals surface area contributed by atoms with E-state index in [-0.39, 0.29) is 5.91 Å². The van der Waals surface area contributed by atoms with Crippen molar-refractivity contribution in [2.24, 2.45) is 0 Å². The van der Waals surface area contributed by atoms with Crippen molar-refractivity contribution in [3.05, 3.63) is 29.8 Å². The molecular formula is C17H24N2O3. The summed E-state index contributed by atoms with van der Waals surface area (Å²) in [4.78, 5) is 27.4. The highest BCUT2D eigenvalue weighted by Crippen LogP contribution is 2.22. The number of carboxylic acid groups (broad SMARTS) is 1. The SMILES string of the molecule is CCCN(CC)c1ccc(C(=O)N2CCC[C@H]2C(=O)O)cc1. The lowest BCUT2D eigenvalue weighted by molar-refractivity contribution is -0.141. The number of hydrogen-bond donors (Lipinski definition) is 1. The minimum Gasteiger partial charge on any atom is -0.480 e. The third-order valence-electron chi connectivity index (χ3n) is 4.15. The van der Waals surface area contributed by atoms with Crippen molar-refractivity contribution in [2.75, 3.05) is 24.5 Å². The number of rotatable bonds is 6. The van der Waals surface area contributed by atoms with E-state index in [1.807, 2.05) is 12.1 Å². The van der Waals surface area contributed by atoms with Crippen LogP contribution in [0.1, 0.15) is 43.5 Å². The lowest BCUT2D eigenvalue weighted by Crippen LogP contribution is -2.40. The van der Waals surface area contributed by atoms with Crippen LogP contribution in [0.15, 0.2) is 24.3 Å². The fraction of sp³-hybridized carbons (Fsp3) is 0.529. The van der Waals surface area contributed by atoms with E-state index in [1.54, 1.807) is 12.1 Å². The molecule has 1 saturated heterocycles. The van der Waals surface area contributed by atoms with Gasteiger partial charge in [-0.3, -0.25) is 4.79 Å². The minimum absolute atomic E-state index is 0.185. The number of aliphatic carboxylic acids is 1. The van der Waals surface area contributed by atoms with Crippen LogP contribution >= 0.6 is 0 Å². The number of benzene rings is 1. The molecule has 5 heteroatoms. The Labute approximate surface area is 131 Å². The second-order valence-electron chi connectivity index (χ2n) is 5.62. The van der Waals surface area contributed by atoms with Crippen LogP contribution in [0.4, 0.5) is 5.69 Å². The second kappa shape index (κ2) is 7.29. The first kappa shape index (κ1) is 16.3. The van der Waals surface area contributed by atoms with Crippen molar-refractivity contribution >= 4 is 17.6 Å². The maximum absolute atomic E-state index is 12.5. The molecule has 0 saturated carbocycles. The van der Waals surface area contributed by atoms with Crippen LogP contribution < -0.4 is 4.90 Å². The number of nitrogens with zero attached hydrogens (tertiary/aromatic N) is 2. The van der Waals surface area contributed by atoms with Gasteiger partial charge in [0.05, 0.1) is 0 Å². The van der Waals surface area contributed by atoms with E-state index < -0.39 is 12.0 Å². The first-order valence-electron chi connectivity index (χ1n) is 7.97. The molecule has 0 aromatic heterocycles. The van der Waals surface area contributed by atoms with Gasteiger partial charge in [0.1, 0.15) is 6.04 Å². The molecule has 1 aliphatic rings. The quantitative estimate of drug-likeness (QED) is 0.877. The largest absolute Gasteiger partial charge is 0.480 e. The zero-order chi connectivity index (χ0) is 16.1. The summed E-state index contributed by atoms with van der Waals surface area (Å²) in [6.45, 7) is 6.68. The van der Waals surface area contributed by atoms with Crippen molar-refractivity contribution in [1.82, 2.24) is 4.90 Å². The number of amides is 1. The van der Waals surface area contributed by atoms with Crippen molar-refractivity contribution in [2.45, 2.75) is 39.2 Å². The van der Waals surface area contributed by atoms with Gasteiger partial charge in [-0.1, -0.05) is 6.92 Å². The molecular weight excluding hydrogens is 280 g/mol. The highest BCUT2D eigenvalue weighted by Gasteiger charge is 2.34. The Morgan fingerprint density at radius 3 is 2.50 bits per heavy atom. The normalized spacial score (nSPS) is 17.5. The summed E-state index contributed by atoms with van der Waals surface area (Å²) in [5.41, 5.74) is 1.65. The van der Waals surface area contributed by atoms with Crippen molar-refractivity contribution in [3.63, 3.8) is 0 Å². The number of anilines is 1. The van der Waals surface area contributed by atoms with Gasteiger partial charge in [-0.15, -0.1) is 0 Å². The number of carbonyl (C=O) groups is 2. The van der Waals surface area contributed by atoms with E-state index in [1.165, 1.54) is 4.90 Å². The monoisotopic (exact) mass is 304 g/mol. The van der Waals surface area contributed by atoms with E-state index in [0.29, 0.717) is 18.5 Å². The van der Waals surface area contributed by atoms with E-state index in [0.717, 1.165) is 31.6 Å². The Balaban J connectivity index is 2.12. The molecule has 1 heterocycles. The Bertz CT molecular complexity index is 527. The molecule has 1 aromatic rings. The molecule has 1 aromatic carbocycles. The zero-order valence-corrected chi connectivity index (χ0v) is 13.3. The molecule has 1 fully saturated rings. The van der Waals surface area contributed by atoms with Crippen LogP contribution in [0.3, 0.4) is 0 Å². The number of carboxylic acids is 1. The van der Waals surface area contributed by atoms with Crippen LogP contribution in [-0.4, -0.2) is 47.6 Å². The Morgan fingerprint density at radius 2 is 1.95 bits per heavy atom. The predicted molar refractivity (Wildman–Crippen MR) is 86.3 cm³/mol. The molecule has 120 valence electrons. The topological polar surface area (TPSA) is 60.9 Å². The van der Waals surface area contributed by atoms with Gasteiger partial charge in [-0.2, -0.15) is 0 Å². The van der Waals surface area contributed by atoms with Gasteiger partial charge >= 0.3 is 5.97 Å². The van der Waals surface area contributed by atoms with Gasteiger partial charge < -0.3 is 14.9 Å². The molecule has 1 amide bonds. The molecule has 0 spiro atoms. The van der Waals surface area contributed by atoms with E-state index >= 15 is 0 Å². The fourth-order valence-electron chi connectivity index (χ4n) is 2.99. The van der Waals surface area contributed by atoms with Gasteiger partial charge in [0.2, 0.25) is 0 Å². The van der Waals surface area contributed by atoms with Crippen molar-refractivity contribution in [1.29, 1.82) is 0 Å². The van der Waals surface area contributed by atoms with Crippen LogP contribution in [0, 0.1) is 0 Å². The average molecular weight is 304 g/mol. The lowest BCUT2D eigenvalue weighted by atomic mass is 10.1. The van der Waals surface area contributed by atoms with Crippen molar-refractivity contribution in [3.8, 4) is 0 Å². The summed E-state index contributed by atoms with van der Waals surface area (Å²) in [6, 6.07) is 6.80. The number of hydrogen-bond acceptors (Lipinski definition) is 3. The van der Waals surface area contributed by atoms with Crippen LogP contribution in [0.25, 0.3) is 0 Å². The Hall–Kier alpha value is -2.04. The fourth-order valence-corrected chi connectivity index (χ4v) is 2.99. The zero-order valence-electron chi connectivity index (χ0n) is 13.3. The van der Waals surface area contributed by atoms with Crippen molar-refractivity contribution < 1.29 is 14.7 Å². The van der Waals surface area contributed by atoms with Crippen LogP contribution in [-0.2, 0) is 4.79 Å². The van der Waals surface area contributed by atoms with E-state index in [4.69, 9.17) is 0 Å². The molecule has 0 aliphatic carbocycles. The van der Waals surface area contributed by atoms with Gasteiger partial charge in [-0.25, -0.2) is 4.79 Å². The summed E-state index contributed by atoms with van der Waals surface area (Å²) >= 11 is 0. The highest BCUT2D eigenvalue weighted by atomic mass is 16.4. The smallest absolute Gasteiger partial charge is 0.326 e. The maximum atomic E-state index is 12.5. The van der Waals surface area contributed by atoms with Crippen LogP contribution in [0.5, 0.6) is 0 Å². The Morgan fingerprint density at radius 1 is 1.27 bits per heavy atom. The lowest BCUT2D eigenvalue weighted by Gasteiger charge is -2.24. The molecule has 0 unspecified atom stereocenters. The first-order chi connectivity index (χ1) is 10.6. The molecule has 1 aliphatic heterocycles. The third kappa shape index (κ3) is 3.40. The van der Waals surface area contributed by atoms with Gasteiger partial charge in [0.15, 0.2) is 0 Å². The molecule has 1 N–H and O–H groups in total. The second-order valence-corrected chi connectivity index (χ2v) is 5.62. The van der Waals surface area contributed by atoms with Gasteiger partial charge in [0.25, 0.3) is 5.91 Å². The van der Waals surface area contributed by atoms with Gasteiger partial charge in [0, 0.05) is 30.9 Å². The molecule has 0 bridgehead atoms. The molecule has 22 heavy (non-hydrogen) atoms. The number of carbonyl (C=O) groups excluding carboxylic acids is 1. The summed E-state index contributed by atoms with van der Waals surface area (Å²) < 4.78 is 0. The molecule has 5 nitrogen and oxygen atoms in total. The number of likely N-dealkylation sites (tertiary alicyclic amines) is 1. The van der Waals surface area contributed by atoms with Crippen LogP contribution in [0.2, 0.25) is 0 Å². The predicted octanol–water partition coefficient (Wildman–Crippen LogP) is 2.61. The maximum Gasteiger partial charge on any atom is 0.326 e. The summed E-state index contributed by atoms with van der Waals surface area (Å²) in [5, 5.41) is 9.19. The standard InChI is InChI=1S/C17H24N2O3/c1-3-11-18(4-2)14-9-7-13(8-10-14)16(20)19-12-5-6-15(19)17(21)22/h7-10,15H,3-6,11-12H2,1-2H3,(H,21,22)/t15-/m0/s1. The first-order valence-corrected chi connectivity index (χ1v) is 7.97. The minimum atomic E-state index is -0.914. The van der Waals surface area contributed by atoms with Gasteiger partial charge in [-0.05, 0) is 50.5 Å². The van der Waals surface area contributed by atoms with E-state index in [2.05, 4.69) is 18.7 Å². The average Bonchev–Trinajstić information content (AvgIpc) is 3.02. The summed E-state index contributed by atoms with van der Waals surface area (Å²) in [5.74, 6) is -1.10. The third-order valence-corrected chi connectivity index (χ3v) is 4.15.